The van der Waals surface area contributed by atoms with Crippen molar-refractivity contribution in [2.24, 2.45) is 5.92 Å². The summed E-state index contributed by atoms with van der Waals surface area (Å²) in [7, 11) is 0. The number of rotatable bonds is 6. The van der Waals surface area contributed by atoms with Crippen LogP contribution in [0.5, 0.6) is 0 Å². The van der Waals surface area contributed by atoms with E-state index in [1.165, 1.54) is 43.2 Å². The van der Waals surface area contributed by atoms with Gasteiger partial charge in [0, 0.05) is 12.3 Å². The van der Waals surface area contributed by atoms with E-state index in [0.717, 1.165) is 29.1 Å². The summed E-state index contributed by atoms with van der Waals surface area (Å²) in [5, 5.41) is 10.7. The highest BCUT2D eigenvalue weighted by Gasteiger charge is 2.18. The summed E-state index contributed by atoms with van der Waals surface area (Å²) in [5.41, 5.74) is 3.57. The molecule has 0 atom stereocenters. The fraction of sp³-hybridized carbons (Fsp3) is 0.526. The Hall–Kier alpha value is -1.26. The van der Waals surface area contributed by atoms with Gasteiger partial charge in [0.25, 0.3) is 0 Å². The van der Waals surface area contributed by atoms with E-state index in [4.69, 9.17) is 0 Å². The van der Waals surface area contributed by atoms with Gasteiger partial charge in [-0.05, 0) is 31.2 Å². The van der Waals surface area contributed by atoms with Crippen molar-refractivity contribution < 1.29 is 5.11 Å². The first-order valence-corrected chi connectivity index (χ1v) is 9.58. The number of hydrogen-bond acceptors (Lipinski definition) is 3. The minimum absolute atomic E-state index is 0.0741. The van der Waals surface area contributed by atoms with Crippen LogP contribution >= 0.6 is 11.8 Å². The lowest BCUT2D eigenvalue weighted by Gasteiger charge is -2.23. The maximum atomic E-state index is 9.61. The maximum absolute atomic E-state index is 9.61. The van der Waals surface area contributed by atoms with E-state index in [9.17, 15) is 5.11 Å². The lowest BCUT2D eigenvalue weighted by Crippen LogP contribution is -2.16. The number of aryl methyl sites for hydroxylation is 1. The van der Waals surface area contributed by atoms with Gasteiger partial charge < -0.3 is 9.67 Å². The molecule has 0 aliphatic heterocycles. The molecule has 1 aromatic heterocycles. The van der Waals surface area contributed by atoms with E-state index < -0.39 is 0 Å². The normalized spacial score (nSPS) is 15.9. The Morgan fingerprint density at radius 2 is 2.09 bits per heavy atom. The van der Waals surface area contributed by atoms with Gasteiger partial charge in [0.05, 0.1) is 18.5 Å². The van der Waals surface area contributed by atoms with E-state index in [1.54, 1.807) is 11.8 Å². The lowest BCUT2D eigenvalue weighted by molar-refractivity contribution is 0.255. The van der Waals surface area contributed by atoms with Gasteiger partial charge in [-0.2, -0.15) is 0 Å². The molecule has 2 aromatic rings. The zero-order chi connectivity index (χ0) is 16.1. The number of hydrogen-bond donors (Lipinski definition) is 1. The van der Waals surface area contributed by atoms with Crippen LogP contribution in [-0.4, -0.2) is 14.7 Å². The molecule has 23 heavy (non-hydrogen) atoms. The van der Waals surface area contributed by atoms with Gasteiger partial charge in [-0.1, -0.05) is 60.9 Å². The number of aliphatic hydroxyl groups excluding tert-OH is 1. The van der Waals surface area contributed by atoms with Crippen molar-refractivity contribution in [2.75, 3.05) is 0 Å². The quantitative estimate of drug-likeness (QED) is 0.789. The van der Waals surface area contributed by atoms with Crippen LogP contribution in [0.25, 0.3) is 0 Å². The summed E-state index contributed by atoms with van der Waals surface area (Å²) >= 11 is 1.77. The zero-order valence-electron chi connectivity index (χ0n) is 13.9. The van der Waals surface area contributed by atoms with Crippen LogP contribution in [0.15, 0.2) is 35.6 Å². The van der Waals surface area contributed by atoms with Crippen molar-refractivity contribution in [1.29, 1.82) is 0 Å². The SMILES string of the molecule is Cc1cccc(CSc2ncc(CO)n2CC2CCCCC2)c1. The standard InChI is InChI=1S/C19H26N2OS/c1-15-6-5-9-17(10-15)14-23-19-20-11-18(13-22)21(19)12-16-7-3-2-4-8-16/h5-6,9-11,16,22H,2-4,7-8,12-14H2,1H3. The van der Waals surface area contributed by atoms with Gasteiger partial charge in [-0.25, -0.2) is 4.98 Å². The Bertz CT molecular complexity index is 632. The summed E-state index contributed by atoms with van der Waals surface area (Å²) < 4.78 is 2.25. The van der Waals surface area contributed by atoms with Crippen molar-refractivity contribution in [1.82, 2.24) is 9.55 Å². The summed E-state index contributed by atoms with van der Waals surface area (Å²) in [6, 6.07) is 8.64. The topological polar surface area (TPSA) is 38.1 Å². The van der Waals surface area contributed by atoms with E-state index in [0.29, 0.717) is 0 Å². The molecule has 1 aliphatic carbocycles. The first-order chi connectivity index (χ1) is 11.3. The second-order valence-electron chi connectivity index (χ2n) is 6.58. The summed E-state index contributed by atoms with van der Waals surface area (Å²) in [4.78, 5) is 4.56. The number of imidazole rings is 1. The van der Waals surface area contributed by atoms with E-state index in [2.05, 4.69) is 40.7 Å². The van der Waals surface area contributed by atoms with Crippen molar-refractivity contribution in [3.8, 4) is 0 Å². The van der Waals surface area contributed by atoms with E-state index in [-0.39, 0.29) is 6.61 Å². The summed E-state index contributed by atoms with van der Waals surface area (Å²) in [5.74, 6) is 1.66. The monoisotopic (exact) mass is 330 g/mol. The Labute approximate surface area is 143 Å². The molecule has 1 heterocycles. The third-order valence-electron chi connectivity index (χ3n) is 4.68. The van der Waals surface area contributed by atoms with Gasteiger partial charge in [0.15, 0.2) is 5.16 Å². The number of benzene rings is 1. The molecule has 0 amide bonds. The van der Waals surface area contributed by atoms with Crippen molar-refractivity contribution in [3.63, 3.8) is 0 Å². The molecule has 0 spiro atoms. The number of aromatic nitrogens is 2. The van der Waals surface area contributed by atoms with Crippen molar-refractivity contribution in [2.45, 2.75) is 63.1 Å². The van der Waals surface area contributed by atoms with Crippen LogP contribution in [0.3, 0.4) is 0 Å². The first kappa shape index (κ1) is 16.6. The molecule has 0 saturated heterocycles. The average Bonchev–Trinajstić information content (AvgIpc) is 2.96. The molecule has 0 radical (unpaired) electrons. The predicted molar refractivity (Wildman–Crippen MR) is 95.5 cm³/mol. The highest BCUT2D eigenvalue weighted by molar-refractivity contribution is 7.98. The highest BCUT2D eigenvalue weighted by Crippen LogP contribution is 2.29. The molecule has 1 fully saturated rings. The number of nitrogens with zero attached hydrogens (tertiary/aromatic N) is 2. The molecule has 1 aromatic carbocycles. The maximum Gasteiger partial charge on any atom is 0.168 e. The Balaban J connectivity index is 1.69. The second-order valence-corrected chi connectivity index (χ2v) is 7.53. The molecular formula is C19H26N2OS. The minimum atomic E-state index is 0.0741. The van der Waals surface area contributed by atoms with Gasteiger partial charge in [-0.3, -0.25) is 0 Å². The Morgan fingerprint density at radius 1 is 1.26 bits per heavy atom. The van der Waals surface area contributed by atoms with E-state index in [1.807, 2.05) is 6.20 Å². The molecular weight excluding hydrogens is 304 g/mol. The third-order valence-corrected chi connectivity index (χ3v) is 5.74. The van der Waals surface area contributed by atoms with Crippen LogP contribution in [0.4, 0.5) is 0 Å². The van der Waals surface area contributed by atoms with Crippen LogP contribution in [0.2, 0.25) is 0 Å². The molecule has 4 heteroatoms. The lowest BCUT2D eigenvalue weighted by atomic mass is 9.89. The van der Waals surface area contributed by atoms with Gasteiger partial charge in [0.1, 0.15) is 0 Å². The molecule has 3 rings (SSSR count). The molecule has 0 bridgehead atoms. The fourth-order valence-electron chi connectivity index (χ4n) is 3.41. The molecule has 1 saturated carbocycles. The first-order valence-electron chi connectivity index (χ1n) is 8.60. The molecule has 3 nitrogen and oxygen atoms in total. The van der Waals surface area contributed by atoms with Gasteiger partial charge in [0.2, 0.25) is 0 Å². The summed E-state index contributed by atoms with van der Waals surface area (Å²) in [6.07, 6.45) is 8.53. The van der Waals surface area contributed by atoms with Crippen LogP contribution in [0.1, 0.15) is 48.9 Å². The van der Waals surface area contributed by atoms with Gasteiger partial charge >= 0.3 is 0 Å². The molecule has 0 unspecified atom stereocenters. The van der Waals surface area contributed by atoms with Crippen LogP contribution in [-0.2, 0) is 18.9 Å². The smallest absolute Gasteiger partial charge is 0.168 e. The number of aliphatic hydroxyl groups is 1. The fourth-order valence-corrected chi connectivity index (χ4v) is 4.36. The third kappa shape index (κ3) is 4.39. The van der Waals surface area contributed by atoms with Crippen molar-refractivity contribution in [3.05, 3.63) is 47.3 Å². The second kappa shape index (κ2) is 8.02. The zero-order valence-corrected chi connectivity index (χ0v) is 14.7. The van der Waals surface area contributed by atoms with E-state index >= 15 is 0 Å². The predicted octanol–water partition coefficient (Wildman–Crippen LogP) is 4.56. The minimum Gasteiger partial charge on any atom is -0.390 e. The summed E-state index contributed by atoms with van der Waals surface area (Å²) in [6.45, 7) is 3.21. The molecule has 1 aliphatic rings. The Morgan fingerprint density at radius 3 is 2.83 bits per heavy atom. The van der Waals surface area contributed by atoms with Crippen molar-refractivity contribution >= 4 is 11.8 Å². The van der Waals surface area contributed by atoms with Gasteiger partial charge in [-0.15, -0.1) is 0 Å². The highest BCUT2D eigenvalue weighted by atomic mass is 32.2. The largest absolute Gasteiger partial charge is 0.390 e. The molecule has 1 N–H and O–H groups in total. The molecule has 124 valence electrons. The van der Waals surface area contributed by atoms with Crippen LogP contribution < -0.4 is 0 Å². The number of thioether (sulfide) groups is 1. The Kier molecular flexibility index (Phi) is 5.79. The average molecular weight is 330 g/mol. The van der Waals surface area contributed by atoms with Crippen LogP contribution in [0, 0.1) is 12.8 Å².